The largest absolute Gasteiger partial charge is 0.299 e. The van der Waals surface area contributed by atoms with Gasteiger partial charge < -0.3 is 0 Å². The van der Waals surface area contributed by atoms with Crippen LogP contribution < -0.4 is 4.84 Å². The number of benzene rings is 1. The molecule has 0 bridgehead atoms. The van der Waals surface area contributed by atoms with E-state index in [0.717, 1.165) is 5.69 Å². The summed E-state index contributed by atoms with van der Waals surface area (Å²) in [4.78, 5) is 2.60. The topological polar surface area (TPSA) is 12.0 Å². The number of hydrogen-bond donors (Lipinski definition) is 1. The molecule has 0 amide bonds. The Balaban J connectivity index is 2.29. The van der Waals surface area contributed by atoms with Gasteiger partial charge in [-0.2, -0.15) is 0 Å². The molecule has 0 fully saturated rings. The van der Waals surface area contributed by atoms with Crippen molar-refractivity contribution in [3.63, 3.8) is 0 Å². The quantitative estimate of drug-likeness (QED) is 0.544. The third kappa shape index (κ3) is 4.01. The van der Waals surface area contributed by atoms with Crippen LogP contribution in [0, 0.1) is 0 Å². The average molecular weight is 212 g/mol. The number of anilines is 1. The highest BCUT2D eigenvalue weighted by Crippen LogP contribution is 2.12. The molecule has 1 aromatic carbocycles. The molecule has 0 aromatic heterocycles. The smallest absolute Gasteiger partial charge is 0.0491 e. The molecule has 14 heavy (non-hydrogen) atoms. The van der Waals surface area contributed by atoms with E-state index in [1.54, 1.807) is 0 Å². The summed E-state index contributed by atoms with van der Waals surface area (Å²) in [5.74, 6) is 0. The second-order valence-electron chi connectivity index (χ2n) is 3.60. The van der Waals surface area contributed by atoms with Crippen LogP contribution in [0.15, 0.2) is 24.3 Å². The van der Waals surface area contributed by atoms with Crippen LogP contribution in [0.1, 0.15) is 38.2 Å². The van der Waals surface area contributed by atoms with Gasteiger partial charge in [0.25, 0.3) is 0 Å². The predicted molar refractivity (Wildman–Crippen MR) is 63.8 cm³/mol. The van der Waals surface area contributed by atoms with Crippen LogP contribution in [-0.4, -0.2) is 0 Å². The Bertz CT molecular complexity index is 243. The summed E-state index contributed by atoms with van der Waals surface area (Å²) >= 11 is 5.47. The molecule has 0 aliphatic heterocycles. The fourth-order valence-corrected chi connectivity index (χ4v) is 1.62. The number of rotatable bonds is 6. The minimum Gasteiger partial charge on any atom is -0.299 e. The minimum absolute atomic E-state index is 0.962. The van der Waals surface area contributed by atoms with Crippen LogP contribution in [-0.2, 0) is 6.42 Å². The summed E-state index contributed by atoms with van der Waals surface area (Å²) in [5, 5.41) is 0. The molecule has 0 aliphatic carbocycles. The Morgan fingerprint density at radius 3 is 2.36 bits per heavy atom. The first-order valence-electron chi connectivity index (χ1n) is 5.32. The summed E-state index contributed by atoms with van der Waals surface area (Å²) in [6.45, 7) is 2.24. The molecule has 0 spiro atoms. The van der Waals surface area contributed by atoms with Crippen LogP contribution in [0.2, 0.25) is 0 Å². The summed E-state index contributed by atoms with van der Waals surface area (Å²) < 4.78 is 0. The van der Waals surface area contributed by atoms with Crippen molar-refractivity contribution in [1.29, 1.82) is 0 Å². The molecule has 0 aliphatic rings. The average Bonchev–Trinajstić information content (AvgIpc) is 2.25. The first-order chi connectivity index (χ1) is 6.86. The van der Waals surface area contributed by atoms with Gasteiger partial charge in [0, 0.05) is 17.5 Å². The summed E-state index contributed by atoms with van der Waals surface area (Å²) in [6.07, 6.45) is 6.46. The SMILES string of the molecule is CCCCCCc1ccc(NCl)cc1. The number of aryl methyl sites for hydroxylation is 1. The monoisotopic (exact) mass is 211 g/mol. The van der Waals surface area contributed by atoms with E-state index in [0.29, 0.717) is 0 Å². The number of nitrogens with one attached hydrogen (secondary N) is 1. The maximum absolute atomic E-state index is 5.47. The molecule has 1 aromatic rings. The Labute approximate surface area is 91.6 Å². The van der Waals surface area contributed by atoms with Gasteiger partial charge >= 0.3 is 0 Å². The Morgan fingerprint density at radius 2 is 1.79 bits per heavy atom. The van der Waals surface area contributed by atoms with Crippen molar-refractivity contribution < 1.29 is 0 Å². The molecule has 78 valence electrons. The van der Waals surface area contributed by atoms with E-state index in [2.05, 4.69) is 23.9 Å². The van der Waals surface area contributed by atoms with Crippen LogP contribution in [0.4, 0.5) is 5.69 Å². The highest BCUT2D eigenvalue weighted by molar-refractivity contribution is 6.23. The van der Waals surface area contributed by atoms with Crippen molar-refractivity contribution in [3.05, 3.63) is 29.8 Å². The summed E-state index contributed by atoms with van der Waals surface area (Å²) in [6, 6.07) is 8.30. The van der Waals surface area contributed by atoms with Gasteiger partial charge in [-0.05, 0) is 30.5 Å². The van der Waals surface area contributed by atoms with Crippen LogP contribution in [0.25, 0.3) is 0 Å². The molecule has 1 rings (SSSR count). The lowest BCUT2D eigenvalue weighted by Gasteiger charge is -2.02. The molecule has 0 heterocycles. The van der Waals surface area contributed by atoms with E-state index in [1.807, 2.05) is 12.1 Å². The zero-order valence-electron chi connectivity index (χ0n) is 8.72. The molecule has 0 radical (unpaired) electrons. The molecule has 0 atom stereocenters. The lowest BCUT2D eigenvalue weighted by Crippen LogP contribution is -1.86. The summed E-state index contributed by atoms with van der Waals surface area (Å²) in [5.41, 5.74) is 2.36. The van der Waals surface area contributed by atoms with E-state index in [-0.39, 0.29) is 0 Å². The Kier molecular flexibility index (Phi) is 5.46. The van der Waals surface area contributed by atoms with Gasteiger partial charge in [0.2, 0.25) is 0 Å². The van der Waals surface area contributed by atoms with Gasteiger partial charge in [-0.25, -0.2) is 0 Å². The van der Waals surface area contributed by atoms with E-state index >= 15 is 0 Å². The van der Waals surface area contributed by atoms with E-state index in [9.17, 15) is 0 Å². The molecule has 0 unspecified atom stereocenters. The standard InChI is InChI=1S/C12H18ClN/c1-2-3-4-5-6-11-7-9-12(14-13)10-8-11/h7-10,14H,2-6H2,1H3. The highest BCUT2D eigenvalue weighted by atomic mass is 35.5. The van der Waals surface area contributed by atoms with Crippen LogP contribution in [0.5, 0.6) is 0 Å². The molecule has 1 N–H and O–H groups in total. The number of halogens is 1. The normalized spacial score (nSPS) is 10.1. The van der Waals surface area contributed by atoms with Gasteiger partial charge in [-0.3, -0.25) is 4.84 Å². The van der Waals surface area contributed by atoms with Crippen molar-refractivity contribution >= 4 is 17.5 Å². The van der Waals surface area contributed by atoms with Crippen LogP contribution >= 0.6 is 11.8 Å². The predicted octanol–water partition coefficient (Wildman–Crippen LogP) is 4.38. The Hall–Kier alpha value is -0.690. The minimum atomic E-state index is 0.962. The first-order valence-corrected chi connectivity index (χ1v) is 5.70. The molecule has 2 heteroatoms. The zero-order valence-corrected chi connectivity index (χ0v) is 9.48. The van der Waals surface area contributed by atoms with E-state index < -0.39 is 0 Å². The third-order valence-electron chi connectivity index (χ3n) is 2.38. The van der Waals surface area contributed by atoms with Gasteiger partial charge in [-0.15, -0.1) is 0 Å². The lowest BCUT2D eigenvalue weighted by atomic mass is 10.1. The van der Waals surface area contributed by atoms with Gasteiger partial charge in [0.05, 0.1) is 0 Å². The maximum Gasteiger partial charge on any atom is 0.0491 e. The maximum atomic E-state index is 5.47. The van der Waals surface area contributed by atoms with Crippen molar-refractivity contribution in [2.24, 2.45) is 0 Å². The fraction of sp³-hybridized carbons (Fsp3) is 0.500. The molecular weight excluding hydrogens is 194 g/mol. The van der Waals surface area contributed by atoms with Gasteiger partial charge in [0.1, 0.15) is 0 Å². The highest BCUT2D eigenvalue weighted by Gasteiger charge is 1.94. The van der Waals surface area contributed by atoms with E-state index in [1.165, 1.54) is 37.7 Å². The first kappa shape index (κ1) is 11.4. The number of unbranched alkanes of at least 4 members (excludes halogenated alkanes) is 3. The number of hydrogen-bond acceptors (Lipinski definition) is 1. The third-order valence-corrected chi connectivity index (χ3v) is 2.60. The van der Waals surface area contributed by atoms with Crippen molar-refractivity contribution in [1.82, 2.24) is 0 Å². The summed E-state index contributed by atoms with van der Waals surface area (Å²) in [7, 11) is 0. The molecule has 1 nitrogen and oxygen atoms in total. The molecule has 0 saturated carbocycles. The van der Waals surface area contributed by atoms with Crippen molar-refractivity contribution in [2.45, 2.75) is 39.0 Å². The van der Waals surface area contributed by atoms with Gasteiger partial charge in [-0.1, -0.05) is 38.3 Å². The molecule has 0 saturated heterocycles. The van der Waals surface area contributed by atoms with E-state index in [4.69, 9.17) is 11.8 Å². The zero-order chi connectivity index (χ0) is 10.2. The molecular formula is C12H18ClN. The second-order valence-corrected chi connectivity index (χ2v) is 3.79. The van der Waals surface area contributed by atoms with Crippen molar-refractivity contribution in [3.8, 4) is 0 Å². The second kappa shape index (κ2) is 6.72. The fourth-order valence-electron chi connectivity index (χ4n) is 1.49. The Morgan fingerprint density at radius 1 is 1.07 bits per heavy atom. The van der Waals surface area contributed by atoms with Crippen molar-refractivity contribution in [2.75, 3.05) is 4.84 Å². The van der Waals surface area contributed by atoms with Gasteiger partial charge in [0.15, 0.2) is 0 Å². The lowest BCUT2D eigenvalue weighted by molar-refractivity contribution is 0.667. The van der Waals surface area contributed by atoms with Crippen LogP contribution in [0.3, 0.4) is 0 Å².